The van der Waals surface area contributed by atoms with Crippen LogP contribution in [0.2, 0.25) is 0 Å². The van der Waals surface area contributed by atoms with Gasteiger partial charge in [0.1, 0.15) is 5.82 Å². The van der Waals surface area contributed by atoms with Crippen LogP contribution in [-0.4, -0.2) is 55.5 Å². The van der Waals surface area contributed by atoms with Crippen LogP contribution in [-0.2, 0) is 19.6 Å². The molecule has 164 valence electrons. The third-order valence-electron chi connectivity index (χ3n) is 5.40. The zero-order valence-electron chi connectivity index (χ0n) is 17.9. The van der Waals surface area contributed by atoms with Gasteiger partial charge in [-0.2, -0.15) is 0 Å². The van der Waals surface area contributed by atoms with Crippen molar-refractivity contribution in [3.05, 3.63) is 71.0 Å². The van der Waals surface area contributed by atoms with Gasteiger partial charge in [-0.1, -0.05) is 43.3 Å². The van der Waals surface area contributed by atoms with Gasteiger partial charge in [-0.05, 0) is 35.4 Å². The summed E-state index contributed by atoms with van der Waals surface area (Å²) in [6.07, 6.45) is 0. The lowest BCUT2D eigenvalue weighted by Gasteiger charge is -2.34. The van der Waals surface area contributed by atoms with Crippen LogP contribution in [0.4, 0.5) is 4.39 Å². The highest BCUT2D eigenvalue weighted by Crippen LogP contribution is 2.10. The molecule has 1 saturated heterocycles. The SMILES string of the molecule is CCN1CCN(Cc2ccc(CNC(=NC)NCc3ccc(F)cc3)cc2)CC1.I. The fourth-order valence-electron chi connectivity index (χ4n) is 3.48. The van der Waals surface area contributed by atoms with Gasteiger partial charge in [0.2, 0.25) is 0 Å². The maximum Gasteiger partial charge on any atom is 0.191 e. The quantitative estimate of drug-likeness (QED) is 0.330. The maximum atomic E-state index is 13.0. The van der Waals surface area contributed by atoms with Crippen molar-refractivity contribution in [3.8, 4) is 0 Å². The second-order valence-corrected chi connectivity index (χ2v) is 7.43. The van der Waals surface area contributed by atoms with Crippen LogP contribution in [0.3, 0.4) is 0 Å². The second kappa shape index (κ2) is 12.9. The Labute approximate surface area is 196 Å². The van der Waals surface area contributed by atoms with E-state index in [1.54, 1.807) is 19.2 Å². The van der Waals surface area contributed by atoms with Crippen molar-refractivity contribution in [2.45, 2.75) is 26.6 Å². The van der Waals surface area contributed by atoms with Crippen LogP contribution in [0.15, 0.2) is 53.5 Å². The van der Waals surface area contributed by atoms with Crippen molar-refractivity contribution in [2.75, 3.05) is 39.8 Å². The van der Waals surface area contributed by atoms with Gasteiger partial charge in [-0.3, -0.25) is 9.89 Å². The Hall–Kier alpha value is -1.71. The molecule has 2 aromatic carbocycles. The van der Waals surface area contributed by atoms with Crippen molar-refractivity contribution >= 4 is 29.9 Å². The number of rotatable bonds is 7. The van der Waals surface area contributed by atoms with Gasteiger partial charge in [0.15, 0.2) is 5.96 Å². The topological polar surface area (TPSA) is 42.9 Å². The molecule has 1 aliphatic heterocycles. The number of nitrogens with one attached hydrogen (secondary N) is 2. The average Bonchev–Trinajstić information content (AvgIpc) is 2.76. The number of benzene rings is 2. The van der Waals surface area contributed by atoms with E-state index >= 15 is 0 Å². The molecule has 0 bridgehead atoms. The molecule has 0 aromatic heterocycles. The summed E-state index contributed by atoms with van der Waals surface area (Å²) < 4.78 is 13.0. The predicted octanol–water partition coefficient (Wildman–Crippen LogP) is 3.45. The molecule has 0 amide bonds. The Bertz CT molecular complexity index is 771. The molecule has 0 atom stereocenters. The van der Waals surface area contributed by atoms with E-state index in [2.05, 4.69) is 56.6 Å². The zero-order valence-corrected chi connectivity index (χ0v) is 20.2. The lowest BCUT2D eigenvalue weighted by Crippen LogP contribution is -2.45. The van der Waals surface area contributed by atoms with Crippen LogP contribution >= 0.6 is 24.0 Å². The van der Waals surface area contributed by atoms with Crippen LogP contribution < -0.4 is 10.6 Å². The minimum absolute atomic E-state index is 0. The Balaban J connectivity index is 0.00000320. The third kappa shape index (κ3) is 7.85. The van der Waals surface area contributed by atoms with Crippen molar-refractivity contribution < 1.29 is 4.39 Å². The van der Waals surface area contributed by atoms with Gasteiger partial charge in [0.25, 0.3) is 0 Å². The molecule has 1 aliphatic rings. The summed E-state index contributed by atoms with van der Waals surface area (Å²) in [4.78, 5) is 9.28. The number of piperazine rings is 1. The highest BCUT2D eigenvalue weighted by molar-refractivity contribution is 14.0. The van der Waals surface area contributed by atoms with E-state index in [4.69, 9.17) is 0 Å². The summed E-state index contributed by atoms with van der Waals surface area (Å²) in [7, 11) is 1.75. The third-order valence-corrected chi connectivity index (χ3v) is 5.40. The molecule has 3 rings (SSSR count). The lowest BCUT2D eigenvalue weighted by molar-refractivity contribution is 0.132. The minimum atomic E-state index is -0.220. The normalized spacial score (nSPS) is 15.5. The van der Waals surface area contributed by atoms with Gasteiger partial charge in [-0.25, -0.2) is 4.39 Å². The number of halogens is 2. The predicted molar refractivity (Wildman–Crippen MR) is 133 cm³/mol. The van der Waals surface area contributed by atoms with Gasteiger partial charge in [0.05, 0.1) is 0 Å². The molecule has 1 heterocycles. The Morgan fingerprint density at radius 3 is 1.80 bits per heavy atom. The van der Waals surface area contributed by atoms with E-state index in [0.29, 0.717) is 13.1 Å². The zero-order chi connectivity index (χ0) is 20.5. The summed E-state index contributed by atoms with van der Waals surface area (Å²) in [5.41, 5.74) is 3.59. The first-order valence-electron chi connectivity index (χ1n) is 10.4. The Morgan fingerprint density at radius 1 is 0.833 bits per heavy atom. The first-order valence-corrected chi connectivity index (χ1v) is 10.4. The van der Waals surface area contributed by atoms with E-state index in [-0.39, 0.29) is 29.8 Å². The number of hydrogen-bond donors (Lipinski definition) is 2. The Morgan fingerprint density at radius 2 is 1.30 bits per heavy atom. The number of hydrogen-bond acceptors (Lipinski definition) is 3. The minimum Gasteiger partial charge on any atom is -0.352 e. The largest absolute Gasteiger partial charge is 0.352 e. The van der Waals surface area contributed by atoms with E-state index in [0.717, 1.165) is 37.7 Å². The number of aliphatic imine (C=N–C) groups is 1. The first-order chi connectivity index (χ1) is 14.2. The van der Waals surface area contributed by atoms with Crippen LogP contribution in [0, 0.1) is 5.82 Å². The fraction of sp³-hybridized carbons (Fsp3) is 0.435. The molecule has 0 unspecified atom stereocenters. The molecule has 0 saturated carbocycles. The highest BCUT2D eigenvalue weighted by Gasteiger charge is 2.15. The highest BCUT2D eigenvalue weighted by atomic mass is 127. The van der Waals surface area contributed by atoms with Crippen LogP contribution in [0.5, 0.6) is 0 Å². The lowest BCUT2D eigenvalue weighted by atomic mass is 10.1. The molecular formula is C23H33FIN5. The monoisotopic (exact) mass is 525 g/mol. The Kier molecular flexibility index (Phi) is 10.5. The van der Waals surface area contributed by atoms with E-state index in [1.807, 2.05) is 0 Å². The summed E-state index contributed by atoms with van der Waals surface area (Å²) in [6.45, 7) is 10.3. The molecule has 0 spiro atoms. The molecule has 7 heteroatoms. The molecule has 0 aliphatic carbocycles. The molecule has 30 heavy (non-hydrogen) atoms. The first kappa shape index (κ1) is 24.6. The van der Waals surface area contributed by atoms with Crippen LogP contribution in [0.1, 0.15) is 23.6 Å². The summed E-state index contributed by atoms with van der Waals surface area (Å²) >= 11 is 0. The smallest absolute Gasteiger partial charge is 0.191 e. The summed E-state index contributed by atoms with van der Waals surface area (Å²) in [5.74, 6) is 0.509. The van der Waals surface area contributed by atoms with E-state index < -0.39 is 0 Å². The van der Waals surface area contributed by atoms with Gasteiger partial charge in [0, 0.05) is 52.9 Å². The molecule has 1 fully saturated rings. The standard InChI is InChI=1S/C23H32FN5.HI/c1-3-28-12-14-29(15-13-28)18-21-6-4-19(5-7-21)16-26-23(25-2)27-17-20-8-10-22(24)11-9-20;/h4-11H,3,12-18H2,1-2H3,(H2,25,26,27);1H. The van der Waals surface area contributed by atoms with Crippen molar-refractivity contribution in [2.24, 2.45) is 4.99 Å². The summed E-state index contributed by atoms with van der Waals surface area (Å²) in [6, 6.07) is 15.3. The van der Waals surface area contributed by atoms with Crippen molar-refractivity contribution in [1.29, 1.82) is 0 Å². The van der Waals surface area contributed by atoms with Crippen LogP contribution in [0.25, 0.3) is 0 Å². The van der Waals surface area contributed by atoms with E-state index in [9.17, 15) is 4.39 Å². The molecule has 2 N–H and O–H groups in total. The average molecular weight is 525 g/mol. The number of likely N-dealkylation sites (N-methyl/N-ethyl adjacent to an activating group) is 1. The maximum absolute atomic E-state index is 13.0. The second-order valence-electron chi connectivity index (χ2n) is 7.43. The van der Waals surface area contributed by atoms with Crippen molar-refractivity contribution in [3.63, 3.8) is 0 Å². The number of nitrogens with zero attached hydrogens (tertiary/aromatic N) is 3. The number of guanidine groups is 1. The van der Waals surface area contributed by atoms with Gasteiger partial charge < -0.3 is 15.5 Å². The molecule has 0 radical (unpaired) electrons. The molecule has 2 aromatic rings. The molecule has 5 nitrogen and oxygen atoms in total. The molecular weight excluding hydrogens is 492 g/mol. The summed E-state index contributed by atoms with van der Waals surface area (Å²) in [5, 5.41) is 6.58. The van der Waals surface area contributed by atoms with E-state index in [1.165, 1.54) is 36.3 Å². The van der Waals surface area contributed by atoms with Gasteiger partial charge in [-0.15, -0.1) is 24.0 Å². The van der Waals surface area contributed by atoms with Gasteiger partial charge >= 0.3 is 0 Å². The fourth-order valence-corrected chi connectivity index (χ4v) is 3.48. The van der Waals surface area contributed by atoms with Crippen molar-refractivity contribution in [1.82, 2.24) is 20.4 Å².